The van der Waals surface area contributed by atoms with E-state index in [0.717, 1.165) is 16.9 Å². The molecule has 0 radical (unpaired) electrons. The number of anilines is 2. The minimum atomic E-state index is -0.182. The molecule has 6 heteroatoms. The van der Waals surface area contributed by atoms with Gasteiger partial charge in [-0.25, -0.2) is 4.98 Å². The molecule has 2 aromatic heterocycles. The number of hydrogen-bond acceptors (Lipinski definition) is 4. The van der Waals surface area contributed by atoms with Gasteiger partial charge in [0.25, 0.3) is 5.91 Å². The summed E-state index contributed by atoms with van der Waals surface area (Å²) in [7, 11) is 0. The van der Waals surface area contributed by atoms with Gasteiger partial charge in [-0.05, 0) is 48.9 Å². The van der Waals surface area contributed by atoms with Gasteiger partial charge in [-0.2, -0.15) is 0 Å². The molecule has 0 spiro atoms. The summed E-state index contributed by atoms with van der Waals surface area (Å²) in [5.74, 6) is 0.398. The van der Waals surface area contributed by atoms with Gasteiger partial charge in [0.2, 0.25) is 0 Å². The fourth-order valence-corrected chi connectivity index (χ4v) is 2.47. The number of rotatable bonds is 5. The molecule has 126 valence electrons. The number of halogens is 1. The van der Waals surface area contributed by atoms with Crippen molar-refractivity contribution in [3.8, 4) is 0 Å². The Bertz CT molecular complexity index is 884. The van der Waals surface area contributed by atoms with Gasteiger partial charge < -0.3 is 10.6 Å². The van der Waals surface area contributed by atoms with Crippen LogP contribution in [0.5, 0.6) is 0 Å². The minimum absolute atomic E-state index is 0.182. The Labute approximate surface area is 151 Å². The maximum atomic E-state index is 12.3. The Morgan fingerprint density at radius 3 is 2.76 bits per heavy atom. The summed E-state index contributed by atoms with van der Waals surface area (Å²) in [6.45, 7) is 2.30. The zero-order valence-electron chi connectivity index (χ0n) is 13.7. The summed E-state index contributed by atoms with van der Waals surface area (Å²) in [5.41, 5.74) is 3.10. The van der Waals surface area contributed by atoms with Crippen molar-refractivity contribution in [1.29, 1.82) is 0 Å². The Morgan fingerprint density at radius 2 is 1.96 bits per heavy atom. The van der Waals surface area contributed by atoms with Gasteiger partial charge in [0.05, 0.1) is 12.2 Å². The van der Waals surface area contributed by atoms with Crippen molar-refractivity contribution in [2.45, 2.75) is 13.5 Å². The number of carbonyl (C=O) groups excluding carboxylic acids is 1. The van der Waals surface area contributed by atoms with E-state index in [-0.39, 0.29) is 5.91 Å². The average Bonchev–Trinajstić information content (AvgIpc) is 2.64. The topological polar surface area (TPSA) is 66.9 Å². The first-order chi connectivity index (χ1) is 12.1. The predicted octanol–water partition coefficient (Wildman–Crippen LogP) is 4.11. The lowest BCUT2D eigenvalue weighted by molar-refractivity contribution is 0.0950. The first-order valence-corrected chi connectivity index (χ1v) is 8.17. The van der Waals surface area contributed by atoms with Crippen molar-refractivity contribution < 1.29 is 4.79 Å². The van der Waals surface area contributed by atoms with Gasteiger partial charge in [-0.15, -0.1) is 0 Å². The predicted molar refractivity (Wildman–Crippen MR) is 99.1 cm³/mol. The summed E-state index contributed by atoms with van der Waals surface area (Å²) < 4.78 is 0. The van der Waals surface area contributed by atoms with Crippen LogP contribution in [0.2, 0.25) is 5.02 Å². The second-order valence-electron chi connectivity index (χ2n) is 5.47. The number of amides is 1. The van der Waals surface area contributed by atoms with Crippen LogP contribution in [-0.4, -0.2) is 15.9 Å². The van der Waals surface area contributed by atoms with E-state index >= 15 is 0 Å². The number of carbonyl (C=O) groups is 1. The lowest BCUT2D eigenvalue weighted by Crippen LogP contribution is -2.23. The van der Waals surface area contributed by atoms with Crippen LogP contribution < -0.4 is 10.6 Å². The van der Waals surface area contributed by atoms with Crippen LogP contribution in [-0.2, 0) is 6.54 Å². The monoisotopic (exact) mass is 352 g/mol. The van der Waals surface area contributed by atoms with Crippen molar-refractivity contribution >= 4 is 29.0 Å². The molecule has 1 aromatic carbocycles. The molecular weight excluding hydrogens is 336 g/mol. The standard InChI is InChI=1S/C19H17ClN4O/c1-13-16(20)6-4-7-17(13)24-18-11-14(8-10-22-18)19(25)23-12-15-5-2-3-9-21-15/h2-11H,12H2,1H3,(H,22,24)(H,23,25). The van der Waals surface area contributed by atoms with Crippen LogP contribution in [0.3, 0.4) is 0 Å². The largest absolute Gasteiger partial charge is 0.346 e. The molecule has 0 fully saturated rings. The molecule has 0 bridgehead atoms. The zero-order chi connectivity index (χ0) is 17.6. The Morgan fingerprint density at radius 1 is 1.08 bits per heavy atom. The molecule has 0 saturated carbocycles. The van der Waals surface area contributed by atoms with Crippen molar-refractivity contribution in [1.82, 2.24) is 15.3 Å². The van der Waals surface area contributed by atoms with E-state index in [1.165, 1.54) is 0 Å². The van der Waals surface area contributed by atoms with Gasteiger partial charge in [0, 0.05) is 28.7 Å². The van der Waals surface area contributed by atoms with Crippen LogP contribution in [0.1, 0.15) is 21.6 Å². The van der Waals surface area contributed by atoms with Crippen molar-refractivity contribution in [3.05, 3.63) is 82.8 Å². The average molecular weight is 353 g/mol. The highest BCUT2D eigenvalue weighted by Gasteiger charge is 2.08. The summed E-state index contributed by atoms with van der Waals surface area (Å²) in [4.78, 5) is 20.8. The summed E-state index contributed by atoms with van der Waals surface area (Å²) in [5, 5.41) is 6.72. The summed E-state index contributed by atoms with van der Waals surface area (Å²) >= 11 is 6.13. The van der Waals surface area contributed by atoms with Gasteiger partial charge in [-0.1, -0.05) is 23.7 Å². The molecule has 5 nitrogen and oxygen atoms in total. The molecule has 3 rings (SSSR count). The first-order valence-electron chi connectivity index (χ1n) is 7.80. The number of nitrogens with zero attached hydrogens (tertiary/aromatic N) is 2. The van der Waals surface area contributed by atoms with Gasteiger partial charge in [-0.3, -0.25) is 9.78 Å². The number of pyridine rings is 2. The molecular formula is C19H17ClN4O. The lowest BCUT2D eigenvalue weighted by atomic mass is 10.2. The molecule has 0 aliphatic carbocycles. The maximum Gasteiger partial charge on any atom is 0.251 e. The third-order valence-electron chi connectivity index (χ3n) is 3.71. The number of benzene rings is 1. The van der Waals surface area contributed by atoms with E-state index in [0.29, 0.717) is 22.9 Å². The maximum absolute atomic E-state index is 12.3. The molecule has 3 aromatic rings. The van der Waals surface area contributed by atoms with Crippen molar-refractivity contribution in [2.75, 3.05) is 5.32 Å². The van der Waals surface area contributed by atoms with Crippen molar-refractivity contribution in [3.63, 3.8) is 0 Å². The van der Waals surface area contributed by atoms with E-state index in [2.05, 4.69) is 20.6 Å². The third kappa shape index (κ3) is 4.33. The van der Waals surface area contributed by atoms with Crippen LogP contribution in [0.25, 0.3) is 0 Å². The van der Waals surface area contributed by atoms with Crippen LogP contribution in [0.15, 0.2) is 60.9 Å². The van der Waals surface area contributed by atoms with Crippen LogP contribution in [0.4, 0.5) is 11.5 Å². The molecule has 0 unspecified atom stereocenters. The van der Waals surface area contributed by atoms with E-state index < -0.39 is 0 Å². The molecule has 2 heterocycles. The minimum Gasteiger partial charge on any atom is -0.346 e. The lowest BCUT2D eigenvalue weighted by Gasteiger charge is -2.11. The van der Waals surface area contributed by atoms with Gasteiger partial charge >= 0.3 is 0 Å². The van der Waals surface area contributed by atoms with Crippen LogP contribution in [0, 0.1) is 6.92 Å². The quantitative estimate of drug-likeness (QED) is 0.725. The molecule has 0 atom stereocenters. The highest BCUT2D eigenvalue weighted by atomic mass is 35.5. The van der Waals surface area contributed by atoms with E-state index in [1.807, 2.05) is 43.3 Å². The Balaban J connectivity index is 1.70. The van der Waals surface area contributed by atoms with Crippen molar-refractivity contribution in [2.24, 2.45) is 0 Å². The zero-order valence-corrected chi connectivity index (χ0v) is 14.4. The first kappa shape index (κ1) is 16.9. The molecule has 0 aliphatic heterocycles. The van der Waals surface area contributed by atoms with Gasteiger partial charge in [0.15, 0.2) is 0 Å². The fraction of sp³-hybridized carbons (Fsp3) is 0.105. The highest BCUT2D eigenvalue weighted by molar-refractivity contribution is 6.31. The number of aromatic nitrogens is 2. The normalized spacial score (nSPS) is 10.3. The molecule has 0 aliphatic rings. The molecule has 2 N–H and O–H groups in total. The number of nitrogens with one attached hydrogen (secondary N) is 2. The Hall–Kier alpha value is -2.92. The smallest absolute Gasteiger partial charge is 0.251 e. The highest BCUT2D eigenvalue weighted by Crippen LogP contribution is 2.25. The molecule has 25 heavy (non-hydrogen) atoms. The summed E-state index contributed by atoms with van der Waals surface area (Å²) in [6.07, 6.45) is 3.29. The van der Waals surface area contributed by atoms with E-state index in [9.17, 15) is 4.79 Å². The van der Waals surface area contributed by atoms with Gasteiger partial charge in [0.1, 0.15) is 5.82 Å². The third-order valence-corrected chi connectivity index (χ3v) is 4.12. The second-order valence-corrected chi connectivity index (χ2v) is 5.88. The SMILES string of the molecule is Cc1c(Cl)cccc1Nc1cc(C(=O)NCc2ccccn2)ccn1. The summed E-state index contributed by atoms with van der Waals surface area (Å²) in [6, 6.07) is 14.6. The molecule has 1 amide bonds. The fourth-order valence-electron chi connectivity index (χ4n) is 2.30. The number of hydrogen-bond donors (Lipinski definition) is 2. The Kier molecular flexibility index (Phi) is 5.26. The second kappa shape index (κ2) is 7.77. The van der Waals surface area contributed by atoms with E-state index in [4.69, 9.17) is 11.6 Å². The molecule has 0 saturated heterocycles. The van der Waals surface area contributed by atoms with Crippen LogP contribution >= 0.6 is 11.6 Å². The van der Waals surface area contributed by atoms with E-state index in [1.54, 1.807) is 24.5 Å².